The van der Waals surface area contributed by atoms with Crippen molar-refractivity contribution in [2.45, 2.75) is 13.3 Å². The highest BCUT2D eigenvalue weighted by Gasteiger charge is 2.13. The molecule has 5 heteroatoms. The fourth-order valence-corrected chi connectivity index (χ4v) is 1.45. The third kappa shape index (κ3) is 3.21. The standard InChI is InChI=1S/C12H15NO4/c1-8(13-15)6-9-4-5-10(12(14)17-3)11(7-9)16-2/h4-5,7,15H,6H2,1-3H3/b13-8+. The molecule has 1 aromatic carbocycles. The van der Waals surface area contributed by atoms with Crippen molar-refractivity contribution in [1.29, 1.82) is 0 Å². The van der Waals surface area contributed by atoms with Crippen LogP contribution in [0.25, 0.3) is 0 Å². The van der Waals surface area contributed by atoms with Gasteiger partial charge in [0.15, 0.2) is 0 Å². The van der Waals surface area contributed by atoms with Crippen LogP contribution in [0.15, 0.2) is 23.4 Å². The molecule has 0 spiro atoms. The van der Waals surface area contributed by atoms with Gasteiger partial charge in [0.05, 0.1) is 19.9 Å². The summed E-state index contributed by atoms with van der Waals surface area (Å²) in [6, 6.07) is 5.12. The lowest BCUT2D eigenvalue weighted by Crippen LogP contribution is -2.05. The number of nitrogens with zero attached hydrogens (tertiary/aromatic N) is 1. The van der Waals surface area contributed by atoms with Gasteiger partial charge in [-0.05, 0) is 24.6 Å². The summed E-state index contributed by atoms with van der Waals surface area (Å²) in [4.78, 5) is 11.4. The highest BCUT2D eigenvalue weighted by molar-refractivity contribution is 5.93. The SMILES string of the molecule is COC(=O)c1ccc(C/C(C)=N/O)cc1OC. The van der Waals surface area contributed by atoms with E-state index in [0.717, 1.165) is 5.56 Å². The second-order valence-corrected chi connectivity index (χ2v) is 3.54. The lowest BCUT2D eigenvalue weighted by Gasteiger charge is -2.08. The highest BCUT2D eigenvalue weighted by atomic mass is 16.5. The number of carbonyl (C=O) groups is 1. The average Bonchev–Trinajstić information content (AvgIpc) is 2.37. The van der Waals surface area contributed by atoms with E-state index in [2.05, 4.69) is 9.89 Å². The van der Waals surface area contributed by atoms with Gasteiger partial charge in [-0.15, -0.1) is 0 Å². The molecule has 1 N–H and O–H groups in total. The number of benzene rings is 1. The molecule has 0 aromatic heterocycles. The molecule has 0 fully saturated rings. The summed E-state index contributed by atoms with van der Waals surface area (Å²) in [5.74, 6) is 0.000960. The van der Waals surface area contributed by atoms with Crippen LogP contribution in [0.3, 0.4) is 0 Å². The minimum Gasteiger partial charge on any atom is -0.496 e. The molecule has 0 saturated carbocycles. The number of hydrogen-bond acceptors (Lipinski definition) is 5. The predicted molar refractivity (Wildman–Crippen MR) is 62.9 cm³/mol. The summed E-state index contributed by atoms with van der Waals surface area (Å²) in [6.07, 6.45) is 0.494. The highest BCUT2D eigenvalue weighted by Crippen LogP contribution is 2.21. The van der Waals surface area contributed by atoms with Gasteiger partial charge in [-0.25, -0.2) is 4.79 Å². The second kappa shape index (κ2) is 5.89. The molecule has 1 aromatic rings. The van der Waals surface area contributed by atoms with E-state index in [-0.39, 0.29) is 0 Å². The topological polar surface area (TPSA) is 68.1 Å². The van der Waals surface area contributed by atoms with Gasteiger partial charge in [0, 0.05) is 6.42 Å². The third-order valence-corrected chi connectivity index (χ3v) is 2.30. The van der Waals surface area contributed by atoms with Gasteiger partial charge in [0.25, 0.3) is 0 Å². The molecule has 0 bridgehead atoms. The molecule has 1 rings (SSSR count). The molecule has 0 amide bonds. The molecule has 0 unspecified atom stereocenters. The molecule has 17 heavy (non-hydrogen) atoms. The van der Waals surface area contributed by atoms with Crippen molar-refractivity contribution in [3.05, 3.63) is 29.3 Å². The minimum absolute atomic E-state index is 0.373. The zero-order valence-corrected chi connectivity index (χ0v) is 10.1. The molecule has 0 aliphatic heterocycles. The van der Waals surface area contributed by atoms with Crippen LogP contribution in [0.2, 0.25) is 0 Å². The van der Waals surface area contributed by atoms with Crippen LogP contribution in [0.5, 0.6) is 5.75 Å². The van der Waals surface area contributed by atoms with Crippen LogP contribution in [-0.4, -0.2) is 31.1 Å². The quantitative estimate of drug-likeness (QED) is 0.375. The number of oxime groups is 1. The Bertz CT molecular complexity index is 440. The zero-order chi connectivity index (χ0) is 12.8. The Kier molecular flexibility index (Phi) is 4.51. The Hall–Kier alpha value is -2.04. The number of rotatable bonds is 4. The Morgan fingerprint density at radius 2 is 2.12 bits per heavy atom. The van der Waals surface area contributed by atoms with Gasteiger partial charge < -0.3 is 14.7 Å². The number of esters is 1. The van der Waals surface area contributed by atoms with Gasteiger partial charge in [0.1, 0.15) is 11.3 Å². The summed E-state index contributed by atoms with van der Waals surface area (Å²) in [5, 5.41) is 11.7. The Balaban J connectivity index is 3.04. The summed E-state index contributed by atoms with van der Waals surface area (Å²) >= 11 is 0. The first-order chi connectivity index (χ1) is 8.12. The molecule has 0 heterocycles. The van der Waals surface area contributed by atoms with E-state index in [9.17, 15) is 4.79 Å². The monoisotopic (exact) mass is 237 g/mol. The molecular formula is C12H15NO4. The lowest BCUT2D eigenvalue weighted by molar-refractivity contribution is 0.0597. The Morgan fingerprint density at radius 3 is 2.65 bits per heavy atom. The van der Waals surface area contributed by atoms with Gasteiger partial charge in [0.2, 0.25) is 0 Å². The fraction of sp³-hybridized carbons (Fsp3) is 0.333. The maximum Gasteiger partial charge on any atom is 0.341 e. The van der Waals surface area contributed by atoms with Crippen LogP contribution < -0.4 is 4.74 Å². The minimum atomic E-state index is -0.444. The first kappa shape index (κ1) is 13.0. The predicted octanol–water partition coefficient (Wildman–Crippen LogP) is 1.87. The van der Waals surface area contributed by atoms with Crippen LogP contribution in [0, 0.1) is 0 Å². The smallest absolute Gasteiger partial charge is 0.341 e. The van der Waals surface area contributed by atoms with Crippen molar-refractivity contribution in [2.24, 2.45) is 5.16 Å². The van der Waals surface area contributed by atoms with Crippen molar-refractivity contribution >= 4 is 11.7 Å². The van der Waals surface area contributed by atoms with E-state index in [1.165, 1.54) is 14.2 Å². The normalized spacial score (nSPS) is 11.1. The number of ether oxygens (including phenoxy) is 2. The maximum atomic E-state index is 11.4. The molecule has 0 radical (unpaired) electrons. The van der Waals surface area contributed by atoms with Gasteiger partial charge >= 0.3 is 5.97 Å². The van der Waals surface area contributed by atoms with Crippen LogP contribution >= 0.6 is 0 Å². The first-order valence-electron chi connectivity index (χ1n) is 5.05. The molecular weight excluding hydrogens is 222 g/mol. The van der Waals surface area contributed by atoms with Crippen LogP contribution in [0.1, 0.15) is 22.8 Å². The molecule has 0 atom stereocenters. The lowest BCUT2D eigenvalue weighted by atomic mass is 10.1. The fourth-order valence-electron chi connectivity index (χ4n) is 1.45. The average molecular weight is 237 g/mol. The number of hydrogen-bond donors (Lipinski definition) is 1. The summed E-state index contributed by atoms with van der Waals surface area (Å²) in [6.45, 7) is 1.71. The van der Waals surface area contributed by atoms with E-state index >= 15 is 0 Å². The second-order valence-electron chi connectivity index (χ2n) is 3.54. The number of carbonyl (C=O) groups excluding carboxylic acids is 1. The molecule has 0 saturated heterocycles. The Labute approximate surface area is 99.7 Å². The molecule has 92 valence electrons. The van der Waals surface area contributed by atoms with Gasteiger partial charge in [-0.2, -0.15) is 0 Å². The summed E-state index contributed by atoms with van der Waals surface area (Å²) in [5.41, 5.74) is 1.85. The van der Waals surface area contributed by atoms with Crippen molar-refractivity contribution < 1.29 is 19.5 Å². The van der Waals surface area contributed by atoms with Crippen molar-refractivity contribution in [1.82, 2.24) is 0 Å². The largest absolute Gasteiger partial charge is 0.496 e. The van der Waals surface area contributed by atoms with Crippen molar-refractivity contribution in [3.8, 4) is 5.75 Å². The maximum absolute atomic E-state index is 11.4. The molecule has 0 aliphatic rings. The molecule has 5 nitrogen and oxygen atoms in total. The van der Waals surface area contributed by atoms with E-state index in [1.54, 1.807) is 25.1 Å². The first-order valence-corrected chi connectivity index (χ1v) is 5.05. The van der Waals surface area contributed by atoms with Crippen molar-refractivity contribution in [3.63, 3.8) is 0 Å². The Morgan fingerprint density at radius 1 is 1.41 bits per heavy atom. The van der Waals surface area contributed by atoms with Gasteiger partial charge in [-0.1, -0.05) is 11.2 Å². The van der Waals surface area contributed by atoms with Crippen LogP contribution in [-0.2, 0) is 11.2 Å². The van der Waals surface area contributed by atoms with Crippen LogP contribution in [0.4, 0.5) is 0 Å². The third-order valence-electron chi connectivity index (χ3n) is 2.30. The van der Waals surface area contributed by atoms with E-state index in [4.69, 9.17) is 9.94 Å². The summed E-state index contributed by atoms with van der Waals surface area (Å²) < 4.78 is 9.76. The zero-order valence-electron chi connectivity index (χ0n) is 10.1. The number of methoxy groups -OCH3 is 2. The van der Waals surface area contributed by atoms with Gasteiger partial charge in [-0.3, -0.25) is 0 Å². The van der Waals surface area contributed by atoms with E-state index < -0.39 is 5.97 Å². The van der Waals surface area contributed by atoms with E-state index in [0.29, 0.717) is 23.4 Å². The summed E-state index contributed by atoms with van der Waals surface area (Å²) in [7, 11) is 2.80. The van der Waals surface area contributed by atoms with E-state index in [1.807, 2.05) is 0 Å². The molecule has 0 aliphatic carbocycles. The van der Waals surface area contributed by atoms with Crippen molar-refractivity contribution in [2.75, 3.05) is 14.2 Å².